The first kappa shape index (κ1) is 17.4. The van der Waals surface area contributed by atoms with Gasteiger partial charge in [0.25, 0.3) is 5.91 Å². The Morgan fingerprint density at radius 2 is 2.00 bits per heavy atom. The van der Waals surface area contributed by atoms with Crippen LogP contribution in [0.4, 0.5) is 0 Å². The summed E-state index contributed by atoms with van der Waals surface area (Å²) in [7, 11) is 3.77. The van der Waals surface area contributed by atoms with Gasteiger partial charge in [0.1, 0.15) is 5.75 Å². The van der Waals surface area contributed by atoms with Crippen LogP contribution in [0.1, 0.15) is 28.0 Å². The standard InChI is InChI=1S/C20H25N3O2/c1-22-10-5-11-23(13-12-22)20(24)17-8-9-21-18(15-17)14-16-6-3-4-7-19(16)25-2/h3-4,6-9,15H,5,10-14H2,1-2H3. The van der Waals surface area contributed by atoms with Gasteiger partial charge in [-0.25, -0.2) is 0 Å². The first-order valence-corrected chi connectivity index (χ1v) is 8.72. The van der Waals surface area contributed by atoms with Gasteiger partial charge < -0.3 is 14.5 Å². The highest BCUT2D eigenvalue weighted by Crippen LogP contribution is 2.20. The van der Waals surface area contributed by atoms with Crippen molar-refractivity contribution >= 4 is 5.91 Å². The van der Waals surface area contributed by atoms with Crippen molar-refractivity contribution in [1.82, 2.24) is 14.8 Å². The van der Waals surface area contributed by atoms with E-state index in [1.807, 2.05) is 41.3 Å². The number of hydrogen-bond donors (Lipinski definition) is 0. The average molecular weight is 339 g/mol. The highest BCUT2D eigenvalue weighted by molar-refractivity contribution is 5.94. The Morgan fingerprint density at radius 1 is 1.16 bits per heavy atom. The molecule has 0 spiro atoms. The highest BCUT2D eigenvalue weighted by atomic mass is 16.5. The van der Waals surface area contributed by atoms with Crippen molar-refractivity contribution in [3.63, 3.8) is 0 Å². The van der Waals surface area contributed by atoms with Crippen LogP contribution in [0.15, 0.2) is 42.6 Å². The van der Waals surface area contributed by atoms with E-state index in [0.717, 1.165) is 49.6 Å². The number of likely N-dealkylation sites (N-methyl/N-ethyl adjacent to an activating group) is 1. The summed E-state index contributed by atoms with van der Waals surface area (Å²) in [5.74, 6) is 0.940. The Kier molecular flexibility index (Phi) is 5.66. The van der Waals surface area contributed by atoms with Crippen molar-refractivity contribution in [3.8, 4) is 5.75 Å². The number of hydrogen-bond acceptors (Lipinski definition) is 4. The second-order valence-electron chi connectivity index (χ2n) is 6.47. The highest BCUT2D eigenvalue weighted by Gasteiger charge is 2.19. The van der Waals surface area contributed by atoms with Gasteiger partial charge in [-0.15, -0.1) is 0 Å². The number of nitrogens with zero attached hydrogens (tertiary/aromatic N) is 3. The zero-order valence-corrected chi connectivity index (χ0v) is 14.9. The monoisotopic (exact) mass is 339 g/mol. The molecule has 1 aliphatic rings. The number of benzene rings is 1. The van der Waals surface area contributed by atoms with Gasteiger partial charge in [0, 0.05) is 49.1 Å². The van der Waals surface area contributed by atoms with Crippen molar-refractivity contribution in [2.24, 2.45) is 0 Å². The van der Waals surface area contributed by atoms with E-state index in [1.165, 1.54) is 0 Å². The summed E-state index contributed by atoms with van der Waals surface area (Å²) in [6, 6.07) is 11.6. The summed E-state index contributed by atoms with van der Waals surface area (Å²) >= 11 is 0. The largest absolute Gasteiger partial charge is 0.496 e. The first-order chi connectivity index (χ1) is 12.2. The molecule has 2 aromatic rings. The zero-order valence-electron chi connectivity index (χ0n) is 14.9. The lowest BCUT2D eigenvalue weighted by molar-refractivity contribution is 0.0762. The van der Waals surface area contributed by atoms with E-state index in [9.17, 15) is 4.79 Å². The molecule has 0 aliphatic carbocycles. The zero-order chi connectivity index (χ0) is 17.6. The molecule has 1 aromatic heterocycles. The Hall–Kier alpha value is -2.40. The molecule has 1 fully saturated rings. The fourth-order valence-electron chi connectivity index (χ4n) is 3.18. The minimum absolute atomic E-state index is 0.0963. The Balaban J connectivity index is 1.75. The van der Waals surface area contributed by atoms with Gasteiger partial charge in [-0.2, -0.15) is 0 Å². The van der Waals surface area contributed by atoms with Crippen LogP contribution in [-0.4, -0.2) is 61.0 Å². The van der Waals surface area contributed by atoms with Gasteiger partial charge in [0.2, 0.25) is 0 Å². The molecule has 0 unspecified atom stereocenters. The topological polar surface area (TPSA) is 45.7 Å². The lowest BCUT2D eigenvalue weighted by Gasteiger charge is -2.20. The summed E-state index contributed by atoms with van der Waals surface area (Å²) < 4.78 is 5.41. The van der Waals surface area contributed by atoms with Gasteiger partial charge in [0.15, 0.2) is 0 Å². The van der Waals surface area contributed by atoms with E-state index >= 15 is 0 Å². The minimum atomic E-state index is 0.0963. The molecule has 2 heterocycles. The summed E-state index contributed by atoms with van der Waals surface area (Å²) in [5.41, 5.74) is 2.66. The third-order valence-corrected chi connectivity index (χ3v) is 4.63. The predicted octanol–water partition coefficient (Wildman–Crippen LogP) is 2.46. The molecule has 1 saturated heterocycles. The number of amides is 1. The van der Waals surface area contributed by atoms with E-state index in [-0.39, 0.29) is 5.91 Å². The minimum Gasteiger partial charge on any atom is -0.496 e. The fraction of sp³-hybridized carbons (Fsp3) is 0.400. The number of ether oxygens (including phenoxy) is 1. The molecule has 0 N–H and O–H groups in total. The van der Waals surface area contributed by atoms with Crippen LogP contribution >= 0.6 is 0 Å². The molecule has 132 valence electrons. The van der Waals surface area contributed by atoms with Crippen LogP contribution in [0.25, 0.3) is 0 Å². The maximum absolute atomic E-state index is 12.8. The Bertz CT molecular complexity index is 732. The average Bonchev–Trinajstić information content (AvgIpc) is 2.86. The molecule has 25 heavy (non-hydrogen) atoms. The van der Waals surface area contributed by atoms with E-state index in [1.54, 1.807) is 13.3 Å². The molecular weight excluding hydrogens is 314 g/mol. The third kappa shape index (κ3) is 4.37. The number of para-hydroxylation sites is 1. The van der Waals surface area contributed by atoms with Gasteiger partial charge >= 0.3 is 0 Å². The molecule has 5 heteroatoms. The number of pyridine rings is 1. The van der Waals surface area contributed by atoms with Gasteiger partial charge in [-0.3, -0.25) is 9.78 Å². The third-order valence-electron chi connectivity index (χ3n) is 4.63. The van der Waals surface area contributed by atoms with E-state index < -0.39 is 0 Å². The van der Waals surface area contributed by atoms with Crippen molar-refractivity contribution < 1.29 is 9.53 Å². The Labute approximate surface area is 149 Å². The molecule has 3 rings (SSSR count). The number of rotatable bonds is 4. The van der Waals surface area contributed by atoms with Crippen LogP contribution in [-0.2, 0) is 6.42 Å². The van der Waals surface area contributed by atoms with Gasteiger partial charge in [-0.1, -0.05) is 18.2 Å². The van der Waals surface area contributed by atoms with E-state index in [0.29, 0.717) is 12.0 Å². The molecule has 0 radical (unpaired) electrons. The molecule has 0 atom stereocenters. The quantitative estimate of drug-likeness (QED) is 0.858. The summed E-state index contributed by atoms with van der Waals surface area (Å²) in [6.45, 7) is 3.55. The maximum atomic E-state index is 12.8. The molecule has 1 aliphatic heterocycles. The maximum Gasteiger partial charge on any atom is 0.254 e. The van der Waals surface area contributed by atoms with Gasteiger partial charge in [-0.05, 0) is 38.2 Å². The second-order valence-corrected chi connectivity index (χ2v) is 6.47. The van der Waals surface area contributed by atoms with Crippen LogP contribution in [0.5, 0.6) is 5.75 Å². The van der Waals surface area contributed by atoms with Crippen molar-refractivity contribution in [1.29, 1.82) is 0 Å². The lowest BCUT2D eigenvalue weighted by Crippen LogP contribution is -2.34. The van der Waals surface area contributed by atoms with Crippen molar-refractivity contribution in [2.45, 2.75) is 12.8 Å². The predicted molar refractivity (Wildman–Crippen MR) is 98.1 cm³/mol. The van der Waals surface area contributed by atoms with Crippen LogP contribution in [0.3, 0.4) is 0 Å². The van der Waals surface area contributed by atoms with Gasteiger partial charge in [0.05, 0.1) is 7.11 Å². The molecule has 1 amide bonds. The summed E-state index contributed by atoms with van der Waals surface area (Å²) in [6.07, 6.45) is 3.39. The fourth-order valence-corrected chi connectivity index (χ4v) is 3.18. The molecule has 1 aromatic carbocycles. The molecule has 0 saturated carbocycles. The molecular formula is C20H25N3O2. The SMILES string of the molecule is COc1ccccc1Cc1cc(C(=O)N2CCCN(C)CC2)ccn1. The lowest BCUT2D eigenvalue weighted by atomic mass is 10.1. The first-order valence-electron chi connectivity index (χ1n) is 8.72. The second kappa shape index (κ2) is 8.12. The Morgan fingerprint density at radius 3 is 2.84 bits per heavy atom. The number of aromatic nitrogens is 1. The van der Waals surface area contributed by atoms with Crippen LogP contribution in [0.2, 0.25) is 0 Å². The van der Waals surface area contributed by atoms with E-state index in [4.69, 9.17) is 4.74 Å². The van der Waals surface area contributed by atoms with E-state index in [2.05, 4.69) is 16.9 Å². The summed E-state index contributed by atoms with van der Waals surface area (Å²) in [4.78, 5) is 21.5. The van der Waals surface area contributed by atoms with Crippen molar-refractivity contribution in [3.05, 3.63) is 59.4 Å². The smallest absolute Gasteiger partial charge is 0.254 e. The normalized spacial score (nSPS) is 15.7. The molecule has 5 nitrogen and oxygen atoms in total. The number of carbonyl (C=O) groups is 1. The summed E-state index contributed by atoms with van der Waals surface area (Å²) in [5, 5.41) is 0. The number of methoxy groups -OCH3 is 1. The van der Waals surface area contributed by atoms with Crippen LogP contribution in [0, 0.1) is 0 Å². The van der Waals surface area contributed by atoms with Crippen LogP contribution < -0.4 is 4.74 Å². The number of carbonyl (C=O) groups excluding carboxylic acids is 1. The van der Waals surface area contributed by atoms with Crippen molar-refractivity contribution in [2.75, 3.05) is 40.3 Å². The molecule has 0 bridgehead atoms.